The van der Waals surface area contributed by atoms with E-state index in [1.165, 1.54) is 6.20 Å². The van der Waals surface area contributed by atoms with E-state index in [1.54, 1.807) is 12.1 Å². The molecule has 30 heavy (non-hydrogen) atoms. The summed E-state index contributed by atoms with van der Waals surface area (Å²) in [5.74, 6) is -0.0778. The highest BCUT2D eigenvalue weighted by Gasteiger charge is 2.36. The van der Waals surface area contributed by atoms with E-state index < -0.39 is 11.8 Å². The summed E-state index contributed by atoms with van der Waals surface area (Å²) in [6.45, 7) is 4.16. The summed E-state index contributed by atoms with van der Waals surface area (Å²) < 4.78 is 0. The Morgan fingerprint density at radius 2 is 1.93 bits per heavy atom. The Labute approximate surface area is 173 Å². The van der Waals surface area contributed by atoms with Gasteiger partial charge in [0.15, 0.2) is 0 Å². The van der Waals surface area contributed by atoms with Gasteiger partial charge in [0.25, 0.3) is 11.8 Å². The van der Waals surface area contributed by atoms with Crippen molar-refractivity contribution in [2.24, 2.45) is 5.92 Å². The maximum atomic E-state index is 12.6. The molecule has 1 aliphatic rings. The van der Waals surface area contributed by atoms with Gasteiger partial charge < -0.3 is 10.3 Å². The Morgan fingerprint density at radius 3 is 2.67 bits per heavy atom. The number of fused-ring (bicyclic) bond motifs is 2. The number of amides is 3. The van der Waals surface area contributed by atoms with Crippen LogP contribution in [0.25, 0.3) is 11.0 Å². The van der Waals surface area contributed by atoms with E-state index in [0.717, 1.165) is 15.9 Å². The smallest absolute Gasteiger partial charge is 0.280 e. The molecule has 0 spiro atoms. The standard InChI is InChI=1S/C22H23N5O3/c1-13(2)12-17(20-25-15-7-3-4-8-16(15)26-20)24-18(28)9-11-27-21(29)14-6-5-10-23-19(14)22(27)30/h3-8,10,13,17H,9,11-12H2,1-2H3,(H,24,28)(H,25,26)/t17-/m1/s1. The molecule has 1 aliphatic heterocycles. The number of imide groups is 1. The van der Waals surface area contributed by atoms with Gasteiger partial charge in [0.1, 0.15) is 11.5 Å². The number of nitrogens with zero attached hydrogens (tertiary/aromatic N) is 3. The van der Waals surface area contributed by atoms with Crippen LogP contribution >= 0.6 is 0 Å². The van der Waals surface area contributed by atoms with Crippen LogP contribution in [0.15, 0.2) is 42.6 Å². The molecule has 8 heteroatoms. The predicted molar refractivity (Wildman–Crippen MR) is 111 cm³/mol. The van der Waals surface area contributed by atoms with Crippen LogP contribution in [0, 0.1) is 5.92 Å². The number of carbonyl (C=O) groups is 3. The number of hydrogen-bond acceptors (Lipinski definition) is 5. The molecular weight excluding hydrogens is 382 g/mol. The first-order valence-corrected chi connectivity index (χ1v) is 9.99. The largest absolute Gasteiger partial charge is 0.346 e. The molecule has 8 nitrogen and oxygen atoms in total. The zero-order valence-electron chi connectivity index (χ0n) is 16.9. The van der Waals surface area contributed by atoms with Crippen LogP contribution in [0.4, 0.5) is 0 Å². The van der Waals surface area contributed by atoms with Crippen molar-refractivity contribution in [3.63, 3.8) is 0 Å². The highest BCUT2D eigenvalue weighted by molar-refractivity contribution is 6.20. The summed E-state index contributed by atoms with van der Waals surface area (Å²) in [4.78, 5) is 50.4. The molecule has 1 atom stereocenters. The number of nitrogens with one attached hydrogen (secondary N) is 2. The van der Waals surface area contributed by atoms with E-state index in [1.807, 2.05) is 24.3 Å². The second-order valence-electron chi connectivity index (χ2n) is 7.80. The van der Waals surface area contributed by atoms with Crippen LogP contribution in [0.3, 0.4) is 0 Å². The third-order valence-electron chi connectivity index (χ3n) is 5.07. The molecule has 0 aliphatic carbocycles. The van der Waals surface area contributed by atoms with Crippen LogP contribution in [0.1, 0.15) is 59.4 Å². The lowest BCUT2D eigenvalue weighted by atomic mass is 10.0. The van der Waals surface area contributed by atoms with Gasteiger partial charge in [-0.1, -0.05) is 26.0 Å². The van der Waals surface area contributed by atoms with Crippen molar-refractivity contribution < 1.29 is 14.4 Å². The quantitative estimate of drug-likeness (QED) is 0.588. The monoisotopic (exact) mass is 405 g/mol. The minimum atomic E-state index is -0.459. The van der Waals surface area contributed by atoms with Crippen molar-refractivity contribution in [2.75, 3.05) is 6.54 Å². The molecule has 0 fully saturated rings. The van der Waals surface area contributed by atoms with E-state index in [-0.39, 0.29) is 36.2 Å². The van der Waals surface area contributed by atoms with Gasteiger partial charge in [0, 0.05) is 19.2 Å². The van der Waals surface area contributed by atoms with Gasteiger partial charge in [-0.2, -0.15) is 0 Å². The zero-order valence-corrected chi connectivity index (χ0v) is 16.9. The van der Waals surface area contributed by atoms with Gasteiger partial charge in [-0.25, -0.2) is 4.98 Å². The fourth-order valence-electron chi connectivity index (χ4n) is 3.64. The zero-order chi connectivity index (χ0) is 21.3. The van der Waals surface area contributed by atoms with Crippen molar-refractivity contribution in [2.45, 2.75) is 32.7 Å². The summed E-state index contributed by atoms with van der Waals surface area (Å²) in [5.41, 5.74) is 2.17. The molecule has 3 heterocycles. The SMILES string of the molecule is CC(C)C[C@@H](NC(=O)CCN1C(=O)c2cccnc2C1=O)c1nc2ccccc2[nH]1. The van der Waals surface area contributed by atoms with Gasteiger partial charge in [-0.15, -0.1) is 0 Å². The van der Waals surface area contributed by atoms with Gasteiger partial charge in [0.05, 0.1) is 22.6 Å². The van der Waals surface area contributed by atoms with E-state index in [4.69, 9.17) is 0 Å². The maximum absolute atomic E-state index is 12.6. The Hall–Kier alpha value is -3.55. The average molecular weight is 405 g/mol. The Morgan fingerprint density at radius 1 is 1.13 bits per heavy atom. The van der Waals surface area contributed by atoms with Crippen LogP contribution in [0.2, 0.25) is 0 Å². The predicted octanol–water partition coefficient (Wildman–Crippen LogP) is 2.85. The number of aromatic amines is 1. The molecule has 4 rings (SSSR count). The van der Waals surface area contributed by atoms with Gasteiger partial charge in [-0.05, 0) is 36.6 Å². The van der Waals surface area contributed by atoms with Gasteiger partial charge in [0.2, 0.25) is 5.91 Å². The molecule has 0 radical (unpaired) electrons. The number of pyridine rings is 1. The van der Waals surface area contributed by atoms with E-state index in [9.17, 15) is 14.4 Å². The third-order valence-corrected chi connectivity index (χ3v) is 5.07. The van der Waals surface area contributed by atoms with Crippen molar-refractivity contribution >= 4 is 28.8 Å². The first kappa shape index (κ1) is 19.8. The van der Waals surface area contributed by atoms with E-state index in [2.05, 4.69) is 34.1 Å². The van der Waals surface area contributed by atoms with Crippen LogP contribution < -0.4 is 5.32 Å². The molecule has 3 aromatic rings. The lowest BCUT2D eigenvalue weighted by Gasteiger charge is -2.20. The summed E-state index contributed by atoms with van der Waals surface area (Å²) in [5, 5.41) is 3.00. The highest BCUT2D eigenvalue weighted by Crippen LogP contribution is 2.23. The molecule has 3 amide bonds. The lowest BCUT2D eigenvalue weighted by Crippen LogP contribution is -2.36. The number of rotatable bonds is 7. The summed E-state index contributed by atoms with van der Waals surface area (Å²) in [7, 11) is 0. The van der Waals surface area contributed by atoms with Crippen molar-refractivity contribution in [1.82, 2.24) is 25.2 Å². The van der Waals surface area contributed by atoms with Crippen molar-refractivity contribution in [3.05, 3.63) is 59.7 Å². The molecule has 0 bridgehead atoms. The van der Waals surface area contributed by atoms with Gasteiger partial charge >= 0.3 is 0 Å². The number of carbonyl (C=O) groups excluding carboxylic acids is 3. The second kappa shape index (κ2) is 8.06. The maximum Gasteiger partial charge on any atom is 0.280 e. The fourth-order valence-corrected chi connectivity index (χ4v) is 3.64. The molecule has 2 N–H and O–H groups in total. The summed E-state index contributed by atoms with van der Waals surface area (Å²) in [6.07, 6.45) is 2.20. The first-order valence-electron chi connectivity index (χ1n) is 9.99. The fraction of sp³-hybridized carbons (Fsp3) is 0.318. The topological polar surface area (TPSA) is 108 Å². The molecule has 0 saturated carbocycles. The highest BCUT2D eigenvalue weighted by atomic mass is 16.2. The molecule has 0 saturated heterocycles. The number of imidazole rings is 1. The Bertz CT molecular complexity index is 1050. The molecular formula is C22H23N5O3. The molecule has 1 aromatic carbocycles. The third kappa shape index (κ3) is 3.80. The van der Waals surface area contributed by atoms with Crippen LogP contribution in [-0.4, -0.2) is 44.1 Å². The second-order valence-corrected chi connectivity index (χ2v) is 7.80. The summed E-state index contributed by atoms with van der Waals surface area (Å²) in [6, 6.07) is 10.6. The molecule has 154 valence electrons. The van der Waals surface area contributed by atoms with Crippen molar-refractivity contribution in [1.29, 1.82) is 0 Å². The lowest BCUT2D eigenvalue weighted by molar-refractivity contribution is -0.122. The molecule has 2 aromatic heterocycles. The normalized spacial score (nSPS) is 14.4. The average Bonchev–Trinajstić information content (AvgIpc) is 3.26. The minimum absolute atomic E-state index is 0.00832. The van der Waals surface area contributed by atoms with Gasteiger partial charge in [-0.3, -0.25) is 24.3 Å². The van der Waals surface area contributed by atoms with E-state index in [0.29, 0.717) is 18.2 Å². The van der Waals surface area contributed by atoms with Crippen molar-refractivity contribution in [3.8, 4) is 0 Å². The number of H-pyrrole nitrogens is 1. The number of aromatic nitrogens is 3. The van der Waals surface area contributed by atoms with Crippen LogP contribution in [-0.2, 0) is 4.79 Å². The summed E-state index contributed by atoms with van der Waals surface area (Å²) >= 11 is 0. The number of hydrogen-bond donors (Lipinski definition) is 2. The molecule has 0 unspecified atom stereocenters. The Balaban J connectivity index is 1.43. The number of para-hydroxylation sites is 2. The van der Waals surface area contributed by atoms with Crippen LogP contribution in [0.5, 0.6) is 0 Å². The van der Waals surface area contributed by atoms with E-state index >= 15 is 0 Å². The number of benzene rings is 1. The first-order chi connectivity index (χ1) is 14.4. The minimum Gasteiger partial charge on any atom is -0.346 e. The Kier molecular flexibility index (Phi) is 5.31.